The second kappa shape index (κ2) is 6.94. The van der Waals surface area contributed by atoms with Gasteiger partial charge in [-0.15, -0.1) is 23.2 Å². The SMILES string of the molecule is COc1ccc(COC(CCl)CCl)cc1. The van der Waals surface area contributed by atoms with Crippen molar-refractivity contribution < 1.29 is 9.47 Å². The Bertz CT molecular complexity index is 270. The van der Waals surface area contributed by atoms with Gasteiger partial charge in [0.1, 0.15) is 5.75 Å². The smallest absolute Gasteiger partial charge is 0.118 e. The monoisotopic (exact) mass is 248 g/mol. The second-order valence-corrected chi connectivity index (χ2v) is 3.71. The lowest BCUT2D eigenvalue weighted by atomic mass is 10.2. The van der Waals surface area contributed by atoms with Gasteiger partial charge in [0, 0.05) is 11.8 Å². The molecule has 0 aliphatic carbocycles. The van der Waals surface area contributed by atoms with Crippen LogP contribution >= 0.6 is 23.2 Å². The van der Waals surface area contributed by atoms with Crippen molar-refractivity contribution in [1.29, 1.82) is 0 Å². The normalized spacial score (nSPS) is 10.7. The number of benzene rings is 1. The van der Waals surface area contributed by atoms with Gasteiger partial charge in [0.15, 0.2) is 0 Å². The minimum absolute atomic E-state index is 0.0876. The van der Waals surface area contributed by atoms with E-state index in [0.29, 0.717) is 18.4 Å². The summed E-state index contributed by atoms with van der Waals surface area (Å²) in [5, 5.41) is 0. The van der Waals surface area contributed by atoms with Crippen molar-refractivity contribution in [3.05, 3.63) is 29.8 Å². The van der Waals surface area contributed by atoms with Gasteiger partial charge in [-0.3, -0.25) is 0 Å². The maximum atomic E-state index is 5.65. The summed E-state index contributed by atoms with van der Waals surface area (Å²) in [5.41, 5.74) is 1.08. The minimum Gasteiger partial charge on any atom is -0.497 e. The third-order valence-electron chi connectivity index (χ3n) is 1.99. The molecule has 2 nitrogen and oxygen atoms in total. The van der Waals surface area contributed by atoms with E-state index >= 15 is 0 Å². The predicted molar refractivity (Wildman–Crippen MR) is 63.0 cm³/mol. The van der Waals surface area contributed by atoms with Gasteiger partial charge >= 0.3 is 0 Å². The Morgan fingerprint density at radius 2 is 1.73 bits per heavy atom. The number of hydrogen-bond acceptors (Lipinski definition) is 2. The van der Waals surface area contributed by atoms with Crippen molar-refractivity contribution in [2.75, 3.05) is 18.9 Å². The van der Waals surface area contributed by atoms with Crippen LogP contribution in [0.5, 0.6) is 5.75 Å². The zero-order valence-electron chi connectivity index (χ0n) is 8.58. The number of rotatable bonds is 6. The van der Waals surface area contributed by atoms with Crippen molar-refractivity contribution in [2.24, 2.45) is 0 Å². The van der Waals surface area contributed by atoms with Crippen LogP contribution in [0.25, 0.3) is 0 Å². The first-order valence-corrected chi connectivity index (χ1v) is 5.73. The highest BCUT2D eigenvalue weighted by Gasteiger charge is 2.05. The van der Waals surface area contributed by atoms with Crippen LogP contribution in [-0.4, -0.2) is 25.0 Å². The predicted octanol–water partition coefficient (Wildman–Crippen LogP) is 3.06. The first-order valence-electron chi connectivity index (χ1n) is 4.66. The van der Waals surface area contributed by atoms with E-state index in [1.165, 1.54) is 0 Å². The average Bonchev–Trinajstić information content (AvgIpc) is 2.31. The molecular weight excluding hydrogens is 235 g/mol. The summed E-state index contributed by atoms with van der Waals surface area (Å²) in [4.78, 5) is 0. The molecule has 0 amide bonds. The molecule has 0 atom stereocenters. The third-order valence-corrected chi connectivity index (χ3v) is 2.68. The molecule has 0 saturated carbocycles. The third kappa shape index (κ3) is 4.29. The number of ether oxygens (including phenoxy) is 2. The summed E-state index contributed by atoms with van der Waals surface area (Å²) in [5.74, 6) is 1.67. The van der Waals surface area contributed by atoms with Gasteiger partial charge in [-0.2, -0.15) is 0 Å². The van der Waals surface area contributed by atoms with E-state index in [4.69, 9.17) is 32.7 Å². The van der Waals surface area contributed by atoms with Crippen molar-refractivity contribution in [2.45, 2.75) is 12.7 Å². The Morgan fingerprint density at radius 1 is 1.13 bits per heavy atom. The molecule has 1 aromatic carbocycles. The molecule has 0 unspecified atom stereocenters. The lowest BCUT2D eigenvalue weighted by molar-refractivity contribution is 0.0701. The van der Waals surface area contributed by atoms with E-state index in [9.17, 15) is 0 Å². The van der Waals surface area contributed by atoms with E-state index in [1.807, 2.05) is 24.3 Å². The Morgan fingerprint density at radius 3 is 2.20 bits per heavy atom. The highest BCUT2D eigenvalue weighted by Crippen LogP contribution is 2.13. The maximum Gasteiger partial charge on any atom is 0.118 e. The molecule has 0 saturated heterocycles. The van der Waals surface area contributed by atoms with Crippen molar-refractivity contribution in [3.8, 4) is 5.75 Å². The fourth-order valence-corrected chi connectivity index (χ4v) is 1.57. The van der Waals surface area contributed by atoms with Gasteiger partial charge in [-0.1, -0.05) is 12.1 Å². The average molecular weight is 249 g/mol. The van der Waals surface area contributed by atoms with Crippen LogP contribution in [0, 0.1) is 0 Å². The molecule has 0 aliphatic rings. The van der Waals surface area contributed by atoms with Crippen molar-refractivity contribution in [3.63, 3.8) is 0 Å². The molecule has 1 rings (SSSR count). The van der Waals surface area contributed by atoms with Crippen LogP contribution in [0.2, 0.25) is 0 Å². The van der Waals surface area contributed by atoms with Crippen molar-refractivity contribution >= 4 is 23.2 Å². The molecule has 0 aliphatic heterocycles. The molecule has 0 heterocycles. The number of halogens is 2. The Labute approximate surface area is 100 Å². The zero-order valence-corrected chi connectivity index (χ0v) is 10.1. The molecule has 0 spiro atoms. The van der Waals surface area contributed by atoms with E-state index in [2.05, 4.69) is 0 Å². The summed E-state index contributed by atoms with van der Waals surface area (Å²) >= 11 is 11.3. The van der Waals surface area contributed by atoms with Gasteiger partial charge < -0.3 is 9.47 Å². The summed E-state index contributed by atoms with van der Waals surface area (Å²) in [6.07, 6.45) is -0.0876. The minimum atomic E-state index is -0.0876. The number of alkyl halides is 2. The molecule has 0 aromatic heterocycles. The summed E-state index contributed by atoms with van der Waals surface area (Å²) in [7, 11) is 1.64. The molecule has 15 heavy (non-hydrogen) atoms. The van der Waals surface area contributed by atoms with E-state index in [1.54, 1.807) is 7.11 Å². The first kappa shape index (κ1) is 12.6. The highest BCUT2D eigenvalue weighted by molar-refractivity contribution is 6.21. The zero-order chi connectivity index (χ0) is 11.1. The molecule has 0 fully saturated rings. The Hall–Kier alpha value is -0.440. The van der Waals surface area contributed by atoms with E-state index in [-0.39, 0.29) is 6.10 Å². The summed E-state index contributed by atoms with van der Waals surface area (Å²) in [6, 6.07) is 7.71. The largest absolute Gasteiger partial charge is 0.497 e. The fourth-order valence-electron chi connectivity index (χ4n) is 1.07. The van der Waals surface area contributed by atoms with Crippen LogP contribution in [0.3, 0.4) is 0 Å². The van der Waals surface area contributed by atoms with Crippen molar-refractivity contribution in [1.82, 2.24) is 0 Å². The molecule has 0 radical (unpaired) electrons. The lowest BCUT2D eigenvalue weighted by Gasteiger charge is -2.11. The lowest BCUT2D eigenvalue weighted by Crippen LogP contribution is -2.16. The van der Waals surface area contributed by atoms with Crippen LogP contribution in [-0.2, 0) is 11.3 Å². The van der Waals surface area contributed by atoms with Crippen LogP contribution < -0.4 is 4.74 Å². The van der Waals surface area contributed by atoms with Gasteiger partial charge in [0.05, 0.1) is 19.8 Å². The van der Waals surface area contributed by atoms with Crippen LogP contribution in [0.1, 0.15) is 5.56 Å². The number of methoxy groups -OCH3 is 1. The molecule has 0 N–H and O–H groups in total. The summed E-state index contributed by atoms with van der Waals surface area (Å²) < 4.78 is 10.5. The molecule has 0 bridgehead atoms. The van der Waals surface area contributed by atoms with Gasteiger partial charge in [-0.25, -0.2) is 0 Å². The number of hydrogen-bond donors (Lipinski definition) is 0. The van der Waals surface area contributed by atoms with Crippen LogP contribution in [0.4, 0.5) is 0 Å². The van der Waals surface area contributed by atoms with E-state index < -0.39 is 0 Å². The fraction of sp³-hybridized carbons (Fsp3) is 0.455. The second-order valence-electron chi connectivity index (χ2n) is 3.09. The quantitative estimate of drug-likeness (QED) is 0.721. The summed E-state index contributed by atoms with van der Waals surface area (Å²) in [6.45, 7) is 0.522. The van der Waals surface area contributed by atoms with Gasteiger partial charge in [0.25, 0.3) is 0 Å². The molecular formula is C11H14Cl2O2. The first-order chi connectivity index (χ1) is 7.30. The maximum absolute atomic E-state index is 5.65. The molecule has 1 aromatic rings. The Balaban J connectivity index is 2.43. The van der Waals surface area contributed by atoms with Gasteiger partial charge in [-0.05, 0) is 17.7 Å². The molecule has 84 valence electrons. The van der Waals surface area contributed by atoms with Gasteiger partial charge in [0.2, 0.25) is 0 Å². The standard InChI is InChI=1S/C11H14Cl2O2/c1-14-10-4-2-9(3-5-10)8-15-11(6-12)7-13/h2-5,11H,6-8H2,1H3. The topological polar surface area (TPSA) is 18.5 Å². The Kier molecular flexibility index (Phi) is 5.84. The highest BCUT2D eigenvalue weighted by atomic mass is 35.5. The molecule has 4 heteroatoms. The van der Waals surface area contributed by atoms with Crippen LogP contribution in [0.15, 0.2) is 24.3 Å². The van der Waals surface area contributed by atoms with E-state index in [0.717, 1.165) is 11.3 Å².